The number of nitrogens with one attached hydrogen (secondary N) is 3. The number of nitrogens with zero attached hydrogens (tertiary/aromatic N) is 1. The first-order valence-corrected chi connectivity index (χ1v) is 8.16. The Morgan fingerprint density at radius 3 is 2.38 bits per heavy atom. The van der Waals surface area contributed by atoms with Gasteiger partial charge in [-0.3, -0.25) is 9.59 Å². The van der Waals surface area contributed by atoms with Gasteiger partial charge in [0.15, 0.2) is 0 Å². The molecule has 0 aliphatic rings. The van der Waals surface area contributed by atoms with E-state index in [1.165, 1.54) is 0 Å². The number of alkyl carbamates (subject to hydrolysis) is 1. The lowest BCUT2D eigenvalue weighted by atomic mass is 10.1. The van der Waals surface area contributed by atoms with Crippen LogP contribution in [0.2, 0.25) is 0 Å². The largest absolute Gasteiger partial charge is 0.444 e. The molecule has 1 unspecified atom stereocenters. The van der Waals surface area contributed by atoms with Gasteiger partial charge in [0.05, 0.1) is 6.07 Å². The maximum absolute atomic E-state index is 12.2. The van der Waals surface area contributed by atoms with E-state index in [1.807, 2.05) is 36.4 Å². The lowest BCUT2D eigenvalue weighted by Crippen LogP contribution is -2.50. The van der Waals surface area contributed by atoms with Crippen LogP contribution in [0.25, 0.3) is 0 Å². The minimum atomic E-state index is -0.862. The Hall–Kier alpha value is -3.08. The summed E-state index contributed by atoms with van der Waals surface area (Å²) in [5.41, 5.74) is 0.179. The van der Waals surface area contributed by atoms with Crippen LogP contribution < -0.4 is 16.0 Å². The highest BCUT2D eigenvalue weighted by Gasteiger charge is 2.22. The molecule has 0 aromatic heterocycles. The van der Waals surface area contributed by atoms with Crippen LogP contribution in [0.15, 0.2) is 30.3 Å². The maximum Gasteiger partial charge on any atom is 0.408 e. The number of hydrogen-bond acceptors (Lipinski definition) is 5. The van der Waals surface area contributed by atoms with Gasteiger partial charge in [-0.1, -0.05) is 30.3 Å². The lowest BCUT2D eigenvalue weighted by Gasteiger charge is -2.20. The standard InChI is InChI=1S/C18H24N4O4/c1-18(2,3)26-17(25)21-12-15(23)22-14(16(24)20-10-9-19)11-13-7-5-4-6-8-13/h4-8,14H,10-12H2,1-3H3,(H,20,24)(H,21,25)(H,22,23). The lowest BCUT2D eigenvalue weighted by molar-refractivity contribution is -0.128. The van der Waals surface area contributed by atoms with Crippen molar-refractivity contribution in [2.45, 2.75) is 38.8 Å². The Bertz CT molecular complexity index is 662. The summed E-state index contributed by atoms with van der Waals surface area (Å²) in [6.07, 6.45) is -0.461. The molecule has 0 saturated heterocycles. The zero-order valence-corrected chi connectivity index (χ0v) is 15.2. The average molecular weight is 360 g/mol. The average Bonchev–Trinajstić information content (AvgIpc) is 2.56. The van der Waals surface area contributed by atoms with Crippen LogP contribution in [0.3, 0.4) is 0 Å². The van der Waals surface area contributed by atoms with E-state index in [-0.39, 0.29) is 19.5 Å². The Labute approximate surface area is 152 Å². The first-order valence-electron chi connectivity index (χ1n) is 8.16. The number of carbonyl (C=O) groups is 3. The van der Waals surface area contributed by atoms with E-state index in [0.29, 0.717) is 0 Å². The minimum Gasteiger partial charge on any atom is -0.444 e. The van der Waals surface area contributed by atoms with Crippen LogP contribution in [0.1, 0.15) is 26.3 Å². The van der Waals surface area contributed by atoms with Crippen molar-refractivity contribution < 1.29 is 19.1 Å². The summed E-state index contributed by atoms with van der Waals surface area (Å²) in [5.74, 6) is -1.01. The van der Waals surface area contributed by atoms with E-state index in [2.05, 4.69) is 16.0 Å². The topological polar surface area (TPSA) is 120 Å². The van der Waals surface area contributed by atoms with Gasteiger partial charge in [0.2, 0.25) is 11.8 Å². The van der Waals surface area contributed by atoms with Crippen molar-refractivity contribution in [3.05, 3.63) is 35.9 Å². The molecule has 3 N–H and O–H groups in total. The van der Waals surface area contributed by atoms with Gasteiger partial charge in [0, 0.05) is 6.42 Å². The van der Waals surface area contributed by atoms with Crippen LogP contribution >= 0.6 is 0 Å². The summed E-state index contributed by atoms with van der Waals surface area (Å²) in [4.78, 5) is 35.8. The number of nitriles is 1. The number of ether oxygens (including phenoxy) is 1. The number of amides is 3. The second kappa shape index (κ2) is 10.0. The number of carbonyl (C=O) groups excluding carboxylic acids is 3. The van der Waals surface area contributed by atoms with Crippen LogP contribution in [-0.2, 0) is 20.7 Å². The Kier molecular flexibility index (Phi) is 8.09. The molecular weight excluding hydrogens is 336 g/mol. The second-order valence-corrected chi connectivity index (χ2v) is 6.54. The first-order chi connectivity index (χ1) is 12.2. The minimum absolute atomic E-state index is 0.157. The van der Waals surface area contributed by atoms with E-state index in [9.17, 15) is 14.4 Å². The summed E-state index contributed by atoms with van der Waals surface area (Å²) in [6.45, 7) is 4.65. The van der Waals surface area contributed by atoms with Gasteiger partial charge in [-0.2, -0.15) is 5.26 Å². The van der Waals surface area contributed by atoms with Crippen molar-refractivity contribution in [1.29, 1.82) is 5.26 Å². The highest BCUT2D eigenvalue weighted by atomic mass is 16.6. The van der Waals surface area contributed by atoms with Gasteiger partial charge >= 0.3 is 6.09 Å². The van der Waals surface area contributed by atoms with Gasteiger partial charge in [-0.05, 0) is 26.3 Å². The Morgan fingerprint density at radius 2 is 1.81 bits per heavy atom. The molecule has 8 nitrogen and oxygen atoms in total. The summed E-state index contributed by atoms with van der Waals surface area (Å²) in [5, 5.41) is 15.9. The van der Waals surface area contributed by atoms with Crippen LogP contribution in [0.5, 0.6) is 0 Å². The fourth-order valence-electron chi connectivity index (χ4n) is 2.02. The fraction of sp³-hybridized carbons (Fsp3) is 0.444. The van der Waals surface area contributed by atoms with Gasteiger partial charge in [-0.25, -0.2) is 4.79 Å². The smallest absolute Gasteiger partial charge is 0.408 e. The molecule has 0 bridgehead atoms. The third-order valence-electron chi connectivity index (χ3n) is 3.07. The molecule has 0 fully saturated rings. The van der Waals surface area contributed by atoms with Gasteiger partial charge in [0.1, 0.15) is 24.7 Å². The molecule has 0 radical (unpaired) electrons. The molecule has 26 heavy (non-hydrogen) atoms. The predicted octanol–water partition coefficient (Wildman–Crippen LogP) is 0.878. The molecular formula is C18H24N4O4. The summed E-state index contributed by atoms with van der Waals surface area (Å²) in [6, 6.07) is 10.1. The molecule has 0 aliphatic carbocycles. The van der Waals surface area contributed by atoms with E-state index in [4.69, 9.17) is 10.00 Å². The number of benzene rings is 1. The SMILES string of the molecule is CC(C)(C)OC(=O)NCC(=O)NC(Cc1ccccc1)C(=O)NCC#N. The molecule has 140 valence electrons. The molecule has 3 amide bonds. The zero-order valence-electron chi connectivity index (χ0n) is 15.2. The summed E-state index contributed by atoms with van der Waals surface area (Å²) in [7, 11) is 0. The monoisotopic (exact) mass is 360 g/mol. The molecule has 0 aliphatic heterocycles. The van der Waals surface area contributed by atoms with Gasteiger partial charge in [0.25, 0.3) is 0 Å². The molecule has 0 heterocycles. The highest BCUT2D eigenvalue weighted by Crippen LogP contribution is 2.06. The second-order valence-electron chi connectivity index (χ2n) is 6.54. The number of rotatable bonds is 7. The molecule has 0 saturated carbocycles. The molecule has 0 spiro atoms. The molecule has 1 aromatic carbocycles. The van der Waals surface area contributed by atoms with Crippen molar-refractivity contribution in [2.24, 2.45) is 0 Å². The predicted molar refractivity (Wildman–Crippen MR) is 94.9 cm³/mol. The normalized spacial score (nSPS) is 11.6. The van der Waals surface area contributed by atoms with Gasteiger partial charge in [-0.15, -0.1) is 0 Å². The third-order valence-corrected chi connectivity index (χ3v) is 3.07. The van der Waals surface area contributed by atoms with E-state index in [1.54, 1.807) is 20.8 Å². The van der Waals surface area contributed by atoms with Crippen molar-refractivity contribution >= 4 is 17.9 Å². The zero-order chi connectivity index (χ0) is 19.6. The number of hydrogen-bond donors (Lipinski definition) is 3. The van der Waals surface area contributed by atoms with Crippen LogP contribution in [0.4, 0.5) is 4.79 Å². The fourth-order valence-corrected chi connectivity index (χ4v) is 2.02. The van der Waals surface area contributed by atoms with E-state index in [0.717, 1.165) is 5.56 Å². The molecule has 8 heteroatoms. The quantitative estimate of drug-likeness (QED) is 0.623. The maximum atomic E-state index is 12.2. The summed E-state index contributed by atoms with van der Waals surface area (Å²) < 4.78 is 5.04. The third kappa shape index (κ3) is 8.68. The Morgan fingerprint density at radius 1 is 1.15 bits per heavy atom. The molecule has 1 atom stereocenters. The first kappa shape index (κ1) is 21.0. The van der Waals surface area contributed by atoms with E-state index >= 15 is 0 Å². The molecule has 1 rings (SSSR count). The van der Waals surface area contributed by atoms with Crippen molar-refractivity contribution in [1.82, 2.24) is 16.0 Å². The highest BCUT2D eigenvalue weighted by molar-refractivity contribution is 5.89. The van der Waals surface area contributed by atoms with Crippen molar-refractivity contribution in [3.63, 3.8) is 0 Å². The Balaban J connectivity index is 2.63. The van der Waals surface area contributed by atoms with Gasteiger partial charge < -0.3 is 20.7 Å². The van der Waals surface area contributed by atoms with Crippen LogP contribution in [0, 0.1) is 11.3 Å². The van der Waals surface area contributed by atoms with E-state index < -0.39 is 29.6 Å². The summed E-state index contributed by atoms with van der Waals surface area (Å²) >= 11 is 0. The molecule has 1 aromatic rings. The van der Waals surface area contributed by atoms with Crippen LogP contribution in [-0.4, -0.2) is 42.6 Å². The van der Waals surface area contributed by atoms with Crippen molar-refractivity contribution in [2.75, 3.05) is 13.1 Å². The van der Waals surface area contributed by atoms with Crippen molar-refractivity contribution in [3.8, 4) is 6.07 Å².